The molecular weight excluding hydrogens is 250 g/mol. The minimum absolute atomic E-state index is 0.360. The lowest BCUT2D eigenvalue weighted by Crippen LogP contribution is -2.22. The van der Waals surface area contributed by atoms with Crippen LogP contribution >= 0.6 is 15.9 Å². The largest absolute Gasteiger partial charge is 0.399 e. The summed E-state index contributed by atoms with van der Waals surface area (Å²) in [5.41, 5.74) is 7.99. The smallest absolute Gasteiger partial charge is 0.0282 e. The maximum Gasteiger partial charge on any atom is 0.0282 e. The molecule has 0 heterocycles. The topological polar surface area (TPSA) is 26.0 Å². The van der Waals surface area contributed by atoms with Gasteiger partial charge in [0.2, 0.25) is 0 Å². The van der Waals surface area contributed by atoms with Crippen molar-refractivity contribution in [2.45, 2.75) is 0 Å². The van der Waals surface area contributed by atoms with Gasteiger partial charge in [-0.3, -0.25) is 0 Å². The van der Waals surface area contributed by atoms with E-state index in [0.29, 0.717) is 5.92 Å². The van der Waals surface area contributed by atoms with Crippen molar-refractivity contribution in [1.82, 2.24) is 0 Å². The third kappa shape index (κ3) is 1.37. The molecule has 0 unspecified atom stereocenters. The summed E-state index contributed by atoms with van der Waals surface area (Å²) in [6.07, 6.45) is 8.45. The lowest BCUT2D eigenvalue weighted by Gasteiger charge is -2.11. The predicted molar refractivity (Wildman–Crippen MR) is 66.2 cm³/mol. The molecule has 1 aromatic carbocycles. The van der Waals surface area contributed by atoms with Gasteiger partial charge in [-0.1, -0.05) is 40.2 Å². The molecule has 0 amide bonds. The second kappa shape index (κ2) is 3.11. The number of rotatable bonds is 0. The number of fused-ring (bicyclic) bond motifs is 2. The summed E-state index contributed by atoms with van der Waals surface area (Å²) in [5.74, 6) is 0.360. The fourth-order valence-electron chi connectivity index (χ4n) is 2.18. The van der Waals surface area contributed by atoms with E-state index in [2.05, 4.69) is 52.4 Å². The molecule has 1 nitrogen and oxygen atoms in total. The summed E-state index contributed by atoms with van der Waals surface area (Å²) < 4.78 is 1.12. The average molecular weight is 260 g/mol. The molecule has 2 aliphatic carbocycles. The van der Waals surface area contributed by atoms with Crippen molar-refractivity contribution in [3.63, 3.8) is 0 Å². The normalized spacial score (nSPS) is 21.8. The van der Waals surface area contributed by atoms with Crippen molar-refractivity contribution in [2.24, 2.45) is 11.7 Å². The van der Waals surface area contributed by atoms with Crippen LogP contribution in [0.2, 0.25) is 0 Å². The molecule has 0 saturated carbocycles. The van der Waals surface area contributed by atoms with Gasteiger partial charge in [-0.25, -0.2) is 0 Å². The maximum absolute atomic E-state index is 5.79. The summed E-state index contributed by atoms with van der Waals surface area (Å²) in [4.78, 5) is 0. The summed E-state index contributed by atoms with van der Waals surface area (Å²) in [6, 6.07) is 6.39. The number of allylic oxidation sites excluding steroid dienone is 3. The zero-order valence-electron chi connectivity index (χ0n) is 8.07. The molecule has 0 spiro atoms. The Morgan fingerprint density at radius 1 is 1.13 bits per heavy atom. The van der Waals surface area contributed by atoms with Crippen molar-refractivity contribution in [3.05, 3.63) is 57.0 Å². The number of hydrogen-bond donors (Lipinski definition) is 1. The highest BCUT2D eigenvalue weighted by molar-refractivity contribution is 9.10. The molecule has 2 N–H and O–H groups in total. The van der Waals surface area contributed by atoms with Gasteiger partial charge < -0.3 is 5.73 Å². The van der Waals surface area contributed by atoms with Gasteiger partial charge in [0, 0.05) is 16.1 Å². The first-order valence-electron chi connectivity index (χ1n) is 4.91. The van der Waals surface area contributed by atoms with E-state index in [1.807, 2.05) is 6.08 Å². The molecule has 2 aliphatic rings. The number of halogens is 1. The minimum atomic E-state index is 0.360. The van der Waals surface area contributed by atoms with Crippen LogP contribution in [-0.4, -0.2) is 0 Å². The molecule has 0 bridgehead atoms. The number of benzene rings is 1. The quantitative estimate of drug-likeness (QED) is 0.750. The van der Waals surface area contributed by atoms with E-state index in [1.165, 1.54) is 16.0 Å². The zero-order valence-corrected chi connectivity index (χ0v) is 9.66. The van der Waals surface area contributed by atoms with E-state index in [0.717, 1.165) is 10.2 Å². The van der Waals surface area contributed by atoms with Crippen LogP contribution in [0.4, 0.5) is 0 Å². The van der Waals surface area contributed by atoms with Gasteiger partial charge in [0.1, 0.15) is 0 Å². The third-order valence-electron chi connectivity index (χ3n) is 2.87. The van der Waals surface area contributed by atoms with E-state index in [1.54, 1.807) is 0 Å². The lowest BCUT2D eigenvalue weighted by atomic mass is 9.95. The second-order valence-electron chi connectivity index (χ2n) is 3.88. The van der Waals surface area contributed by atoms with Gasteiger partial charge >= 0.3 is 0 Å². The van der Waals surface area contributed by atoms with Gasteiger partial charge in [0.15, 0.2) is 0 Å². The van der Waals surface area contributed by atoms with Crippen LogP contribution < -0.4 is 16.2 Å². The Kier molecular flexibility index (Phi) is 1.86. The fourth-order valence-corrected chi connectivity index (χ4v) is 2.56. The summed E-state index contributed by atoms with van der Waals surface area (Å²) in [5, 5.41) is 2.61. The van der Waals surface area contributed by atoms with Crippen molar-refractivity contribution < 1.29 is 0 Å². The Balaban J connectivity index is 2.34. The predicted octanol–water partition coefficient (Wildman–Crippen LogP) is 1.42. The standard InChI is InChI=1S/C13H10BrN/c14-10-1-3-12-8(6-10)5-9-7-11(15)2-4-13(9)12/h1-7,9H,15H2/t9-/m1/s1. The van der Waals surface area contributed by atoms with Crippen molar-refractivity contribution in [2.75, 3.05) is 0 Å². The van der Waals surface area contributed by atoms with Crippen molar-refractivity contribution in [1.29, 1.82) is 0 Å². The van der Waals surface area contributed by atoms with Gasteiger partial charge in [-0.15, -0.1) is 0 Å². The fraction of sp³-hybridized carbons (Fsp3) is 0.0769. The van der Waals surface area contributed by atoms with Crippen LogP contribution in [0.15, 0.2) is 46.6 Å². The second-order valence-corrected chi connectivity index (χ2v) is 4.80. The first-order chi connectivity index (χ1) is 7.24. The highest BCUT2D eigenvalue weighted by atomic mass is 79.9. The molecular formula is C13H10BrN. The molecule has 74 valence electrons. The Hall–Kier alpha value is -1.28. The zero-order chi connectivity index (χ0) is 10.4. The van der Waals surface area contributed by atoms with Crippen molar-refractivity contribution in [3.8, 4) is 0 Å². The molecule has 2 heteroatoms. The van der Waals surface area contributed by atoms with Crippen LogP contribution in [0, 0.1) is 5.92 Å². The van der Waals surface area contributed by atoms with E-state index < -0.39 is 0 Å². The first-order valence-corrected chi connectivity index (χ1v) is 5.70. The first kappa shape index (κ1) is 8.98. The Labute approximate surface area is 96.4 Å². The Morgan fingerprint density at radius 3 is 2.87 bits per heavy atom. The summed E-state index contributed by atoms with van der Waals surface area (Å²) in [6.45, 7) is 0. The highest BCUT2D eigenvalue weighted by Gasteiger charge is 2.16. The van der Waals surface area contributed by atoms with Crippen LogP contribution in [-0.2, 0) is 0 Å². The highest BCUT2D eigenvalue weighted by Crippen LogP contribution is 2.24. The maximum atomic E-state index is 5.79. The van der Waals surface area contributed by atoms with Crippen LogP contribution in [0.1, 0.15) is 0 Å². The molecule has 0 aromatic heterocycles. The Morgan fingerprint density at radius 2 is 2.00 bits per heavy atom. The molecule has 15 heavy (non-hydrogen) atoms. The molecule has 1 atom stereocenters. The SMILES string of the molecule is NC1=C[C@H]2C=c3cc(Br)ccc3=C2C=C1. The summed E-state index contributed by atoms with van der Waals surface area (Å²) in [7, 11) is 0. The third-order valence-corrected chi connectivity index (χ3v) is 3.36. The Bertz CT molecular complexity index is 608. The van der Waals surface area contributed by atoms with E-state index in [9.17, 15) is 0 Å². The van der Waals surface area contributed by atoms with Crippen LogP contribution in [0.5, 0.6) is 0 Å². The average Bonchev–Trinajstić information content (AvgIpc) is 2.53. The molecule has 0 aliphatic heterocycles. The van der Waals surface area contributed by atoms with Gasteiger partial charge in [0.25, 0.3) is 0 Å². The molecule has 3 rings (SSSR count). The van der Waals surface area contributed by atoms with Gasteiger partial charge in [0.05, 0.1) is 0 Å². The number of hydrogen-bond acceptors (Lipinski definition) is 1. The van der Waals surface area contributed by atoms with Gasteiger partial charge in [-0.2, -0.15) is 0 Å². The monoisotopic (exact) mass is 259 g/mol. The lowest BCUT2D eigenvalue weighted by molar-refractivity contribution is 1.13. The molecule has 0 radical (unpaired) electrons. The van der Waals surface area contributed by atoms with E-state index >= 15 is 0 Å². The van der Waals surface area contributed by atoms with E-state index in [4.69, 9.17) is 5.73 Å². The molecule has 0 saturated heterocycles. The van der Waals surface area contributed by atoms with Crippen LogP contribution in [0.25, 0.3) is 11.6 Å². The van der Waals surface area contributed by atoms with Crippen molar-refractivity contribution >= 4 is 27.6 Å². The molecule has 0 fully saturated rings. The minimum Gasteiger partial charge on any atom is -0.399 e. The van der Waals surface area contributed by atoms with Crippen LogP contribution in [0.3, 0.4) is 0 Å². The van der Waals surface area contributed by atoms with E-state index in [-0.39, 0.29) is 0 Å². The summed E-state index contributed by atoms with van der Waals surface area (Å²) >= 11 is 3.49. The molecule has 1 aromatic rings. The number of nitrogens with two attached hydrogens (primary N) is 1. The van der Waals surface area contributed by atoms with Gasteiger partial charge in [-0.05, 0) is 34.2 Å².